The Morgan fingerprint density at radius 2 is 1.67 bits per heavy atom. The summed E-state index contributed by atoms with van der Waals surface area (Å²) in [7, 11) is -3.01. The Bertz CT molecular complexity index is 792. The van der Waals surface area contributed by atoms with E-state index in [1.165, 1.54) is 11.8 Å². The van der Waals surface area contributed by atoms with Crippen molar-refractivity contribution in [1.82, 2.24) is 5.32 Å². The van der Waals surface area contributed by atoms with E-state index in [9.17, 15) is 13.2 Å². The van der Waals surface area contributed by atoms with Gasteiger partial charge in [0.25, 0.3) is 0 Å². The van der Waals surface area contributed by atoms with E-state index in [0.717, 1.165) is 10.5 Å². The second-order valence-corrected chi connectivity index (χ2v) is 9.24. The third-order valence-electron chi connectivity index (χ3n) is 3.92. The molecule has 6 heteroatoms. The van der Waals surface area contributed by atoms with Crippen LogP contribution >= 0.6 is 11.8 Å². The first-order valence-corrected chi connectivity index (χ1v) is 10.5. The fourth-order valence-electron chi connectivity index (χ4n) is 2.72. The standard InChI is InChI=1S/C18H19NO3S2/c20-18(19-15-11-12-24(21,22)13-15)17(14-7-3-1-4-8-14)23-16-9-5-2-6-10-16/h1-10,15,17H,11-13H2,(H,19,20)/t15-,17+/m0/s1. The summed E-state index contributed by atoms with van der Waals surface area (Å²) in [4.78, 5) is 13.8. The summed E-state index contributed by atoms with van der Waals surface area (Å²) < 4.78 is 23.2. The van der Waals surface area contributed by atoms with E-state index < -0.39 is 15.1 Å². The fraction of sp³-hybridized carbons (Fsp3) is 0.278. The number of thioether (sulfide) groups is 1. The van der Waals surface area contributed by atoms with Crippen LogP contribution in [-0.4, -0.2) is 31.9 Å². The van der Waals surface area contributed by atoms with Gasteiger partial charge in [-0.25, -0.2) is 8.42 Å². The maximum atomic E-state index is 12.8. The predicted octanol–water partition coefficient (Wildman–Crippen LogP) is 2.82. The molecule has 3 rings (SSSR count). The van der Waals surface area contributed by atoms with Crippen LogP contribution in [0.15, 0.2) is 65.6 Å². The van der Waals surface area contributed by atoms with Gasteiger partial charge in [-0.3, -0.25) is 4.79 Å². The molecule has 2 aromatic rings. The molecule has 1 aliphatic rings. The molecule has 0 spiro atoms. The van der Waals surface area contributed by atoms with Gasteiger partial charge in [0.2, 0.25) is 5.91 Å². The van der Waals surface area contributed by atoms with Crippen LogP contribution in [0, 0.1) is 0 Å². The third-order valence-corrected chi connectivity index (χ3v) is 6.95. The van der Waals surface area contributed by atoms with E-state index >= 15 is 0 Å². The normalized spacial score (nSPS) is 20.4. The molecule has 1 saturated heterocycles. The van der Waals surface area contributed by atoms with Gasteiger partial charge in [0.05, 0.1) is 11.5 Å². The molecule has 0 radical (unpaired) electrons. The van der Waals surface area contributed by atoms with E-state index in [2.05, 4.69) is 5.32 Å². The lowest BCUT2D eigenvalue weighted by Crippen LogP contribution is -2.38. The molecule has 1 heterocycles. The number of sulfone groups is 1. The van der Waals surface area contributed by atoms with E-state index in [-0.39, 0.29) is 23.5 Å². The Hall–Kier alpha value is -1.79. The number of hydrogen-bond acceptors (Lipinski definition) is 4. The number of amides is 1. The second kappa shape index (κ2) is 7.40. The third kappa shape index (κ3) is 4.39. The van der Waals surface area contributed by atoms with Crippen LogP contribution in [0.25, 0.3) is 0 Å². The lowest BCUT2D eigenvalue weighted by Gasteiger charge is -2.19. The van der Waals surface area contributed by atoms with Crippen molar-refractivity contribution in [3.63, 3.8) is 0 Å². The van der Waals surface area contributed by atoms with Crippen molar-refractivity contribution < 1.29 is 13.2 Å². The largest absolute Gasteiger partial charge is 0.351 e. The van der Waals surface area contributed by atoms with Gasteiger partial charge in [-0.1, -0.05) is 48.5 Å². The Kier molecular flexibility index (Phi) is 5.26. The Balaban J connectivity index is 1.78. The Morgan fingerprint density at radius 3 is 2.25 bits per heavy atom. The molecule has 2 atom stereocenters. The number of carbonyl (C=O) groups is 1. The molecule has 126 valence electrons. The van der Waals surface area contributed by atoms with Crippen LogP contribution in [0.4, 0.5) is 0 Å². The minimum atomic E-state index is -3.01. The minimum Gasteiger partial charge on any atom is -0.351 e. The quantitative estimate of drug-likeness (QED) is 0.832. The molecular weight excluding hydrogens is 342 g/mol. The topological polar surface area (TPSA) is 63.2 Å². The number of rotatable bonds is 5. The monoisotopic (exact) mass is 361 g/mol. The zero-order valence-corrected chi connectivity index (χ0v) is 14.7. The Labute approximate surface area is 146 Å². The summed E-state index contributed by atoms with van der Waals surface area (Å²) in [6.07, 6.45) is 0.492. The molecule has 4 nitrogen and oxygen atoms in total. The molecule has 0 aromatic heterocycles. The molecule has 1 amide bonds. The molecule has 1 aliphatic heterocycles. The van der Waals surface area contributed by atoms with Crippen molar-refractivity contribution in [2.45, 2.75) is 22.6 Å². The maximum Gasteiger partial charge on any atom is 0.238 e. The molecule has 2 aromatic carbocycles. The van der Waals surface area contributed by atoms with Crippen LogP contribution in [0.3, 0.4) is 0 Å². The summed E-state index contributed by atoms with van der Waals surface area (Å²) >= 11 is 1.47. The van der Waals surface area contributed by atoms with Crippen molar-refractivity contribution in [2.75, 3.05) is 11.5 Å². The summed E-state index contributed by atoms with van der Waals surface area (Å²) in [5.74, 6) is 0.0490. The van der Waals surface area contributed by atoms with Gasteiger partial charge >= 0.3 is 0 Å². The number of nitrogens with one attached hydrogen (secondary N) is 1. The van der Waals surface area contributed by atoms with Crippen molar-refractivity contribution >= 4 is 27.5 Å². The second-order valence-electron chi connectivity index (χ2n) is 5.83. The SMILES string of the molecule is O=C(N[C@H]1CCS(=O)(=O)C1)[C@H](Sc1ccccc1)c1ccccc1. The molecule has 1 N–H and O–H groups in total. The van der Waals surface area contributed by atoms with Crippen molar-refractivity contribution in [1.29, 1.82) is 0 Å². The summed E-state index contributed by atoms with van der Waals surface area (Å²) in [6, 6.07) is 19.0. The molecule has 0 aliphatic carbocycles. The van der Waals surface area contributed by atoms with E-state index in [0.29, 0.717) is 6.42 Å². The smallest absolute Gasteiger partial charge is 0.238 e. The van der Waals surface area contributed by atoms with Gasteiger partial charge in [0, 0.05) is 10.9 Å². The van der Waals surface area contributed by atoms with Crippen LogP contribution in [0.1, 0.15) is 17.2 Å². The first-order valence-electron chi connectivity index (χ1n) is 7.81. The first-order chi connectivity index (χ1) is 11.5. The van der Waals surface area contributed by atoms with Crippen LogP contribution in [0.2, 0.25) is 0 Å². The molecular formula is C18H19NO3S2. The summed E-state index contributed by atoms with van der Waals surface area (Å²) in [6.45, 7) is 0. The van der Waals surface area contributed by atoms with Gasteiger partial charge < -0.3 is 5.32 Å². The van der Waals surface area contributed by atoms with Gasteiger partial charge in [-0.05, 0) is 24.1 Å². The van der Waals surface area contributed by atoms with Gasteiger partial charge in [0.15, 0.2) is 9.84 Å². The fourth-order valence-corrected chi connectivity index (χ4v) is 5.45. The van der Waals surface area contributed by atoms with E-state index in [1.54, 1.807) is 0 Å². The lowest BCUT2D eigenvalue weighted by atomic mass is 10.1. The average Bonchev–Trinajstić information content (AvgIpc) is 2.93. The van der Waals surface area contributed by atoms with Crippen molar-refractivity contribution in [2.24, 2.45) is 0 Å². The summed E-state index contributed by atoms with van der Waals surface area (Å²) in [5, 5.41) is 2.51. The maximum absolute atomic E-state index is 12.8. The first kappa shape index (κ1) is 17.0. The molecule has 0 unspecified atom stereocenters. The highest BCUT2D eigenvalue weighted by atomic mass is 32.2. The average molecular weight is 361 g/mol. The van der Waals surface area contributed by atoms with Crippen molar-refractivity contribution in [3.8, 4) is 0 Å². The van der Waals surface area contributed by atoms with Crippen LogP contribution in [-0.2, 0) is 14.6 Å². The molecule has 0 bridgehead atoms. The van der Waals surface area contributed by atoms with Gasteiger partial charge in [-0.2, -0.15) is 0 Å². The highest BCUT2D eigenvalue weighted by Crippen LogP contribution is 2.35. The molecule has 1 fully saturated rings. The van der Waals surface area contributed by atoms with E-state index in [1.807, 2.05) is 60.7 Å². The minimum absolute atomic E-state index is 0.0379. The highest BCUT2D eigenvalue weighted by molar-refractivity contribution is 8.00. The number of hydrogen-bond donors (Lipinski definition) is 1. The highest BCUT2D eigenvalue weighted by Gasteiger charge is 2.31. The van der Waals surface area contributed by atoms with Crippen LogP contribution < -0.4 is 5.32 Å². The van der Waals surface area contributed by atoms with Crippen molar-refractivity contribution in [3.05, 3.63) is 66.2 Å². The Morgan fingerprint density at radius 1 is 1.04 bits per heavy atom. The molecule has 0 saturated carbocycles. The van der Waals surface area contributed by atoms with Gasteiger partial charge in [-0.15, -0.1) is 11.8 Å². The predicted molar refractivity (Wildman–Crippen MR) is 96.7 cm³/mol. The molecule has 24 heavy (non-hydrogen) atoms. The zero-order chi connectivity index (χ0) is 17.0. The number of carbonyl (C=O) groups excluding carboxylic acids is 1. The number of benzene rings is 2. The zero-order valence-electron chi connectivity index (χ0n) is 13.1. The van der Waals surface area contributed by atoms with Gasteiger partial charge in [0.1, 0.15) is 5.25 Å². The van der Waals surface area contributed by atoms with Crippen LogP contribution in [0.5, 0.6) is 0 Å². The van der Waals surface area contributed by atoms with E-state index in [4.69, 9.17) is 0 Å². The summed E-state index contributed by atoms with van der Waals surface area (Å²) in [5.41, 5.74) is 0.907. The lowest BCUT2D eigenvalue weighted by molar-refractivity contribution is -0.121.